The smallest absolute Gasteiger partial charge is 0.120 e. The molecule has 20 heavy (non-hydrogen) atoms. The molecule has 0 saturated carbocycles. The van der Waals surface area contributed by atoms with E-state index < -0.39 is 0 Å². The van der Waals surface area contributed by atoms with Gasteiger partial charge in [-0.3, -0.25) is 0 Å². The summed E-state index contributed by atoms with van der Waals surface area (Å²) < 4.78 is 6.55. The molecule has 4 heteroatoms. The molecule has 2 rings (SSSR count). The van der Waals surface area contributed by atoms with E-state index in [1.165, 1.54) is 0 Å². The fourth-order valence-corrected chi connectivity index (χ4v) is 2.62. The number of rotatable bonds is 4. The van der Waals surface area contributed by atoms with E-state index in [1.54, 1.807) is 0 Å². The van der Waals surface area contributed by atoms with Gasteiger partial charge in [-0.05, 0) is 59.1 Å². The lowest BCUT2D eigenvalue weighted by Gasteiger charge is -2.17. The Bertz CT molecular complexity index is 601. The second-order valence-electron chi connectivity index (χ2n) is 4.86. The van der Waals surface area contributed by atoms with E-state index in [0.29, 0.717) is 5.02 Å². The van der Waals surface area contributed by atoms with Crippen molar-refractivity contribution < 1.29 is 4.74 Å². The Balaban J connectivity index is 2.33. The largest absolute Gasteiger partial charge is 0.491 e. The van der Waals surface area contributed by atoms with Crippen molar-refractivity contribution in [3.8, 4) is 5.75 Å². The third kappa shape index (κ3) is 3.54. The Morgan fingerprint density at radius 3 is 2.55 bits per heavy atom. The van der Waals surface area contributed by atoms with Crippen LogP contribution in [0.5, 0.6) is 5.75 Å². The first-order chi connectivity index (χ1) is 9.49. The fraction of sp³-hybridized carbons (Fsp3) is 0.250. The molecule has 1 atom stereocenters. The van der Waals surface area contributed by atoms with Gasteiger partial charge in [0.2, 0.25) is 0 Å². The molecule has 0 aliphatic heterocycles. The lowest BCUT2D eigenvalue weighted by Crippen LogP contribution is -2.13. The first-order valence-electron chi connectivity index (χ1n) is 6.45. The van der Waals surface area contributed by atoms with Crippen LogP contribution in [0.25, 0.3) is 0 Å². The normalized spacial score (nSPS) is 12.5. The SMILES string of the molecule is CC(C)Oc1cccc(C(N)c2cccc(Br)c2Cl)c1. The van der Waals surface area contributed by atoms with Gasteiger partial charge in [0.15, 0.2) is 0 Å². The Labute approximate surface area is 133 Å². The van der Waals surface area contributed by atoms with Gasteiger partial charge in [-0.15, -0.1) is 0 Å². The van der Waals surface area contributed by atoms with Crippen molar-refractivity contribution in [2.24, 2.45) is 5.73 Å². The van der Waals surface area contributed by atoms with Crippen LogP contribution in [0.1, 0.15) is 31.0 Å². The first-order valence-corrected chi connectivity index (χ1v) is 7.62. The zero-order valence-electron chi connectivity index (χ0n) is 11.4. The van der Waals surface area contributed by atoms with E-state index >= 15 is 0 Å². The Morgan fingerprint density at radius 1 is 1.15 bits per heavy atom. The predicted molar refractivity (Wildman–Crippen MR) is 87.4 cm³/mol. The molecule has 0 aromatic heterocycles. The van der Waals surface area contributed by atoms with Crippen LogP contribution in [0.15, 0.2) is 46.9 Å². The minimum atomic E-state index is -0.282. The highest BCUT2D eigenvalue weighted by molar-refractivity contribution is 9.10. The molecule has 0 fully saturated rings. The van der Waals surface area contributed by atoms with Gasteiger partial charge in [0.25, 0.3) is 0 Å². The van der Waals surface area contributed by atoms with E-state index in [2.05, 4.69) is 15.9 Å². The summed E-state index contributed by atoms with van der Waals surface area (Å²) in [4.78, 5) is 0. The molecule has 0 heterocycles. The second kappa shape index (κ2) is 6.61. The molecule has 0 aliphatic carbocycles. The minimum Gasteiger partial charge on any atom is -0.491 e. The van der Waals surface area contributed by atoms with Gasteiger partial charge in [0.05, 0.1) is 17.2 Å². The predicted octanol–water partition coefficient (Wildman–Crippen LogP) is 4.94. The van der Waals surface area contributed by atoms with E-state index in [1.807, 2.05) is 56.3 Å². The van der Waals surface area contributed by atoms with Crippen molar-refractivity contribution in [2.45, 2.75) is 26.0 Å². The summed E-state index contributed by atoms with van der Waals surface area (Å²) in [5.74, 6) is 0.819. The molecule has 2 aromatic rings. The van der Waals surface area contributed by atoms with Crippen molar-refractivity contribution in [1.82, 2.24) is 0 Å². The monoisotopic (exact) mass is 353 g/mol. The molecule has 0 radical (unpaired) electrons. The van der Waals surface area contributed by atoms with Gasteiger partial charge < -0.3 is 10.5 Å². The molecule has 106 valence electrons. The average Bonchev–Trinajstić information content (AvgIpc) is 2.41. The van der Waals surface area contributed by atoms with E-state index in [4.69, 9.17) is 22.1 Å². The van der Waals surface area contributed by atoms with Gasteiger partial charge in [-0.2, -0.15) is 0 Å². The van der Waals surface area contributed by atoms with Gasteiger partial charge >= 0.3 is 0 Å². The van der Waals surface area contributed by atoms with Crippen molar-refractivity contribution in [2.75, 3.05) is 0 Å². The topological polar surface area (TPSA) is 35.2 Å². The van der Waals surface area contributed by atoms with Crippen LogP contribution in [0.2, 0.25) is 5.02 Å². The van der Waals surface area contributed by atoms with Crippen LogP contribution in [-0.4, -0.2) is 6.10 Å². The Hall–Kier alpha value is -1.03. The summed E-state index contributed by atoms with van der Waals surface area (Å²) in [7, 11) is 0. The van der Waals surface area contributed by atoms with E-state index in [9.17, 15) is 0 Å². The first kappa shape index (κ1) is 15.4. The van der Waals surface area contributed by atoms with Gasteiger partial charge in [-0.1, -0.05) is 35.9 Å². The highest BCUT2D eigenvalue weighted by Crippen LogP contribution is 2.33. The number of nitrogens with two attached hydrogens (primary N) is 1. The zero-order valence-corrected chi connectivity index (χ0v) is 13.8. The van der Waals surface area contributed by atoms with Crippen LogP contribution >= 0.6 is 27.5 Å². The lowest BCUT2D eigenvalue weighted by atomic mass is 9.99. The molecule has 2 N–H and O–H groups in total. The summed E-state index contributed by atoms with van der Waals surface area (Å²) in [5.41, 5.74) is 8.19. The second-order valence-corrected chi connectivity index (χ2v) is 6.09. The summed E-state index contributed by atoms with van der Waals surface area (Å²) in [5, 5.41) is 0.648. The van der Waals surface area contributed by atoms with Crippen molar-refractivity contribution >= 4 is 27.5 Å². The van der Waals surface area contributed by atoms with Crippen molar-refractivity contribution in [3.05, 3.63) is 63.1 Å². The molecular weight excluding hydrogens is 338 g/mol. The van der Waals surface area contributed by atoms with Gasteiger partial charge in [0.1, 0.15) is 5.75 Å². The van der Waals surface area contributed by atoms with Crippen LogP contribution in [0.4, 0.5) is 0 Å². The quantitative estimate of drug-likeness (QED) is 0.844. The molecule has 0 amide bonds. The van der Waals surface area contributed by atoms with Crippen molar-refractivity contribution in [3.63, 3.8) is 0 Å². The minimum absolute atomic E-state index is 0.135. The highest BCUT2D eigenvalue weighted by Gasteiger charge is 2.14. The molecule has 0 aliphatic rings. The van der Waals surface area contributed by atoms with Crippen LogP contribution in [0.3, 0.4) is 0 Å². The molecule has 1 unspecified atom stereocenters. The standard InChI is InChI=1S/C16H17BrClNO/c1-10(2)20-12-6-3-5-11(9-12)16(19)13-7-4-8-14(17)15(13)18/h3-10,16H,19H2,1-2H3. The van der Waals surface area contributed by atoms with E-state index in [-0.39, 0.29) is 12.1 Å². The number of ether oxygens (including phenoxy) is 1. The highest BCUT2D eigenvalue weighted by atomic mass is 79.9. The zero-order chi connectivity index (χ0) is 14.7. The maximum absolute atomic E-state index is 6.32. The van der Waals surface area contributed by atoms with Crippen LogP contribution in [0, 0.1) is 0 Å². The number of hydrogen-bond donors (Lipinski definition) is 1. The third-order valence-electron chi connectivity index (χ3n) is 2.91. The lowest BCUT2D eigenvalue weighted by molar-refractivity contribution is 0.242. The Morgan fingerprint density at radius 2 is 1.85 bits per heavy atom. The summed E-state index contributed by atoms with van der Waals surface area (Å²) in [6.07, 6.45) is 0.135. The van der Waals surface area contributed by atoms with Crippen molar-refractivity contribution in [1.29, 1.82) is 0 Å². The van der Waals surface area contributed by atoms with Gasteiger partial charge in [0, 0.05) is 4.47 Å². The number of halogens is 2. The molecule has 2 aromatic carbocycles. The molecule has 0 bridgehead atoms. The summed E-state index contributed by atoms with van der Waals surface area (Å²) >= 11 is 9.73. The van der Waals surface area contributed by atoms with Crippen LogP contribution < -0.4 is 10.5 Å². The van der Waals surface area contributed by atoms with E-state index in [0.717, 1.165) is 21.3 Å². The van der Waals surface area contributed by atoms with Gasteiger partial charge in [-0.25, -0.2) is 0 Å². The Kier molecular flexibility index (Phi) is 5.08. The molecule has 0 saturated heterocycles. The summed E-state index contributed by atoms with van der Waals surface area (Å²) in [6, 6.07) is 13.3. The third-order valence-corrected chi connectivity index (χ3v) is 4.22. The van der Waals surface area contributed by atoms with Crippen LogP contribution in [-0.2, 0) is 0 Å². The number of hydrogen-bond acceptors (Lipinski definition) is 2. The molecule has 0 spiro atoms. The maximum Gasteiger partial charge on any atom is 0.120 e. The molecular formula is C16H17BrClNO. The average molecular weight is 355 g/mol. The molecule has 2 nitrogen and oxygen atoms in total. The number of benzene rings is 2. The fourth-order valence-electron chi connectivity index (χ4n) is 1.99. The maximum atomic E-state index is 6.32. The summed E-state index contributed by atoms with van der Waals surface area (Å²) in [6.45, 7) is 4.00.